The van der Waals surface area contributed by atoms with Crippen LogP contribution in [0.2, 0.25) is 0 Å². The third-order valence-corrected chi connectivity index (χ3v) is 4.05. The monoisotopic (exact) mass is 279 g/mol. The zero-order valence-corrected chi connectivity index (χ0v) is 12.0. The fourth-order valence-electron chi connectivity index (χ4n) is 2.89. The molecule has 2 aliphatic rings. The third-order valence-electron chi connectivity index (χ3n) is 4.05. The lowest BCUT2D eigenvalue weighted by atomic mass is 10.2. The summed E-state index contributed by atoms with van der Waals surface area (Å²) < 4.78 is 10.7. The number of aromatic nitrogens is 2. The highest BCUT2D eigenvalue weighted by atomic mass is 16.5. The molecule has 1 aromatic rings. The Bertz CT molecular complexity index is 488. The van der Waals surface area contributed by atoms with Crippen LogP contribution in [0.5, 0.6) is 0 Å². The van der Waals surface area contributed by atoms with Crippen molar-refractivity contribution in [3.8, 4) is 0 Å². The van der Waals surface area contributed by atoms with Gasteiger partial charge in [0.1, 0.15) is 0 Å². The SMILES string of the molecule is CCO[C@@H]1C[C@@H]1C(=O)N1CCC[C@H]1c1noc(CC)n1. The van der Waals surface area contributed by atoms with Gasteiger partial charge in [-0.2, -0.15) is 4.98 Å². The summed E-state index contributed by atoms with van der Waals surface area (Å²) in [6.07, 6.45) is 3.61. The van der Waals surface area contributed by atoms with E-state index in [1.807, 2.05) is 18.7 Å². The Balaban J connectivity index is 1.68. The number of carbonyl (C=O) groups is 1. The average Bonchev–Trinajstić information content (AvgIpc) is 2.91. The van der Waals surface area contributed by atoms with Gasteiger partial charge in [-0.15, -0.1) is 0 Å². The quantitative estimate of drug-likeness (QED) is 0.821. The lowest BCUT2D eigenvalue weighted by Crippen LogP contribution is -2.33. The highest BCUT2D eigenvalue weighted by Gasteiger charge is 2.48. The smallest absolute Gasteiger partial charge is 0.229 e. The van der Waals surface area contributed by atoms with Crippen molar-refractivity contribution in [1.29, 1.82) is 0 Å². The van der Waals surface area contributed by atoms with Gasteiger partial charge in [0.25, 0.3) is 0 Å². The molecule has 0 aromatic carbocycles. The second-order valence-corrected chi connectivity index (χ2v) is 5.43. The van der Waals surface area contributed by atoms with Crippen LogP contribution in [-0.2, 0) is 16.0 Å². The lowest BCUT2D eigenvalue weighted by molar-refractivity contribution is -0.134. The first kappa shape index (κ1) is 13.5. The van der Waals surface area contributed by atoms with Gasteiger partial charge in [-0.25, -0.2) is 0 Å². The summed E-state index contributed by atoms with van der Waals surface area (Å²) in [5.41, 5.74) is 0. The summed E-state index contributed by atoms with van der Waals surface area (Å²) in [6.45, 7) is 5.40. The van der Waals surface area contributed by atoms with Crippen molar-refractivity contribution in [2.45, 2.75) is 51.7 Å². The van der Waals surface area contributed by atoms with Crippen LogP contribution in [-0.4, -0.2) is 40.2 Å². The van der Waals surface area contributed by atoms with Crippen LogP contribution in [0.4, 0.5) is 0 Å². The molecule has 0 N–H and O–H groups in total. The Morgan fingerprint density at radius 2 is 2.35 bits per heavy atom. The van der Waals surface area contributed by atoms with Gasteiger partial charge in [0.15, 0.2) is 5.82 Å². The minimum Gasteiger partial charge on any atom is -0.378 e. The average molecular weight is 279 g/mol. The minimum absolute atomic E-state index is 0.0190. The maximum Gasteiger partial charge on any atom is 0.229 e. The van der Waals surface area contributed by atoms with Gasteiger partial charge in [-0.3, -0.25) is 4.79 Å². The van der Waals surface area contributed by atoms with Gasteiger partial charge in [-0.1, -0.05) is 12.1 Å². The van der Waals surface area contributed by atoms with E-state index in [1.54, 1.807) is 0 Å². The Hall–Kier alpha value is -1.43. The van der Waals surface area contributed by atoms with Crippen molar-refractivity contribution in [3.05, 3.63) is 11.7 Å². The number of carbonyl (C=O) groups excluding carboxylic acids is 1. The van der Waals surface area contributed by atoms with Crippen LogP contribution in [0.1, 0.15) is 50.9 Å². The Labute approximate surface area is 118 Å². The molecule has 3 atom stereocenters. The summed E-state index contributed by atoms with van der Waals surface area (Å²) >= 11 is 0. The molecule has 6 nitrogen and oxygen atoms in total. The molecule has 1 aliphatic carbocycles. The summed E-state index contributed by atoms with van der Waals surface area (Å²) in [6, 6.07) is -0.0190. The second kappa shape index (κ2) is 5.52. The normalized spacial score (nSPS) is 28.9. The van der Waals surface area contributed by atoms with Gasteiger partial charge >= 0.3 is 0 Å². The van der Waals surface area contributed by atoms with Crippen LogP contribution >= 0.6 is 0 Å². The summed E-state index contributed by atoms with van der Waals surface area (Å²) in [5, 5.41) is 4.03. The zero-order chi connectivity index (χ0) is 14.1. The number of likely N-dealkylation sites (tertiary alicyclic amines) is 1. The molecule has 110 valence electrons. The first-order valence-electron chi connectivity index (χ1n) is 7.49. The molecule has 3 rings (SSSR count). The maximum absolute atomic E-state index is 12.5. The van der Waals surface area contributed by atoms with Crippen molar-refractivity contribution in [2.75, 3.05) is 13.2 Å². The second-order valence-electron chi connectivity index (χ2n) is 5.43. The molecule has 1 aliphatic heterocycles. The van der Waals surface area contributed by atoms with Gasteiger partial charge in [-0.05, 0) is 26.2 Å². The number of hydrogen-bond acceptors (Lipinski definition) is 5. The first-order valence-corrected chi connectivity index (χ1v) is 7.49. The summed E-state index contributed by atoms with van der Waals surface area (Å²) in [5.74, 6) is 1.51. The van der Waals surface area contributed by atoms with E-state index >= 15 is 0 Å². The van der Waals surface area contributed by atoms with E-state index < -0.39 is 0 Å². The molecule has 0 unspecified atom stereocenters. The van der Waals surface area contributed by atoms with Gasteiger partial charge in [0.2, 0.25) is 11.8 Å². The van der Waals surface area contributed by atoms with Gasteiger partial charge < -0.3 is 14.2 Å². The minimum atomic E-state index is -0.0190. The maximum atomic E-state index is 12.5. The standard InChI is InChI=1S/C14H21N3O3/c1-3-12-15-13(16-20-12)10-6-5-7-17(10)14(18)9-8-11(9)19-4-2/h9-11H,3-8H2,1-2H3/t9-,10-,11+/m0/s1. The molecule has 20 heavy (non-hydrogen) atoms. The molecule has 2 heterocycles. The summed E-state index contributed by atoms with van der Waals surface area (Å²) in [7, 11) is 0. The lowest BCUT2D eigenvalue weighted by Gasteiger charge is -2.22. The van der Waals surface area contributed by atoms with Crippen LogP contribution in [0.3, 0.4) is 0 Å². The molecule has 1 aromatic heterocycles. The predicted octanol–water partition coefficient (Wildman–Crippen LogP) is 1.72. The fourth-order valence-corrected chi connectivity index (χ4v) is 2.89. The summed E-state index contributed by atoms with van der Waals surface area (Å²) in [4.78, 5) is 18.8. The molecular weight excluding hydrogens is 258 g/mol. The molecule has 0 spiro atoms. The highest BCUT2D eigenvalue weighted by Crippen LogP contribution is 2.40. The zero-order valence-electron chi connectivity index (χ0n) is 12.0. The van der Waals surface area contributed by atoms with E-state index in [-0.39, 0.29) is 24.0 Å². The van der Waals surface area contributed by atoms with Crippen molar-refractivity contribution >= 4 is 5.91 Å². The largest absolute Gasteiger partial charge is 0.378 e. The molecule has 6 heteroatoms. The van der Waals surface area contributed by atoms with E-state index in [9.17, 15) is 4.79 Å². The van der Waals surface area contributed by atoms with Gasteiger partial charge in [0.05, 0.1) is 18.1 Å². The molecule has 0 bridgehead atoms. The molecule has 2 fully saturated rings. The van der Waals surface area contributed by atoms with Crippen LogP contribution in [0.25, 0.3) is 0 Å². The Morgan fingerprint density at radius 1 is 1.50 bits per heavy atom. The number of nitrogens with zero attached hydrogens (tertiary/aromatic N) is 3. The van der Waals surface area contributed by atoms with E-state index in [0.29, 0.717) is 18.3 Å². The number of aryl methyl sites for hydroxylation is 1. The van der Waals surface area contributed by atoms with E-state index in [1.165, 1.54) is 0 Å². The predicted molar refractivity (Wildman–Crippen MR) is 70.9 cm³/mol. The van der Waals surface area contributed by atoms with Crippen molar-refractivity contribution in [3.63, 3.8) is 0 Å². The number of hydrogen-bond donors (Lipinski definition) is 0. The van der Waals surface area contributed by atoms with Crippen LogP contribution in [0, 0.1) is 5.92 Å². The van der Waals surface area contributed by atoms with E-state index in [4.69, 9.17) is 9.26 Å². The molecule has 0 radical (unpaired) electrons. The van der Waals surface area contributed by atoms with Crippen LogP contribution in [0.15, 0.2) is 4.52 Å². The van der Waals surface area contributed by atoms with Crippen molar-refractivity contribution in [2.24, 2.45) is 5.92 Å². The van der Waals surface area contributed by atoms with Crippen molar-refractivity contribution in [1.82, 2.24) is 15.0 Å². The van der Waals surface area contributed by atoms with Crippen molar-refractivity contribution < 1.29 is 14.1 Å². The topological polar surface area (TPSA) is 68.5 Å². The Kier molecular flexibility index (Phi) is 3.74. The van der Waals surface area contributed by atoms with Crippen LogP contribution < -0.4 is 0 Å². The molecule has 1 saturated carbocycles. The third kappa shape index (κ3) is 2.44. The first-order chi connectivity index (χ1) is 9.74. The van der Waals surface area contributed by atoms with Gasteiger partial charge in [0, 0.05) is 19.6 Å². The molecule has 1 saturated heterocycles. The van der Waals surface area contributed by atoms with E-state index in [2.05, 4.69) is 10.1 Å². The molecule has 1 amide bonds. The highest BCUT2D eigenvalue weighted by molar-refractivity contribution is 5.82. The number of ether oxygens (including phenoxy) is 1. The number of rotatable bonds is 5. The fraction of sp³-hybridized carbons (Fsp3) is 0.786. The van der Waals surface area contributed by atoms with E-state index in [0.717, 1.165) is 32.2 Å². The Morgan fingerprint density at radius 3 is 3.05 bits per heavy atom. The number of amides is 1. The molecular formula is C14H21N3O3.